The van der Waals surface area contributed by atoms with Crippen molar-refractivity contribution in [1.82, 2.24) is 9.88 Å². The van der Waals surface area contributed by atoms with E-state index < -0.39 is 0 Å². The van der Waals surface area contributed by atoms with E-state index in [1.165, 1.54) is 11.3 Å². The molecule has 1 aliphatic carbocycles. The maximum atomic E-state index is 12.9. The molecule has 5 nitrogen and oxygen atoms in total. The molecule has 134 valence electrons. The maximum absolute atomic E-state index is 12.9. The molecule has 1 aliphatic heterocycles. The molecular weight excluding hydrogens is 364 g/mol. The molecule has 5 rings (SSSR count). The Morgan fingerprint density at radius 3 is 2.81 bits per heavy atom. The Hall–Kier alpha value is -1.96. The molecule has 3 atom stereocenters. The van der Waals surface area contributed by atoms with Gasteiger partial charge >= 0.3 is 0 Å². The first-order valence-electron chi connectivity index (χ1n) is 8.94. The lowest BCUT2D eigenvalue weighted by atomic mass is 9.98. The van der Waals surface area contributed by atoms with Gasteiger partial charge in [0, 0.05) is 24.8 Å². The topological polar surface area (TPSA) is 71.2 Å². The van der Waals surface area contributed by atoms with Crippen LogP contribution in [0.3, 0.4) is 0 Å². The van der Waals surface area contributed by atoms with Crippen molar-refractivity contribution < 1.29 is 4.79 Å². The van der Waals surface area contributed by atoms with E-state index in [9.17, 15) is 4.79 Å². The molecule has 1 saturated heterocycles. The van der Waals surface area contributed by atoms with Crippen LogP contribution in [-0.2, 0) is 0 Å². The number of carbonyl (C=O) groups is 1. The fourth-order valence-electron chi connectivity index (χ4n) is 4.17. The highest BCUT2D eigenvalue weighted by atomic mass is 32.1. The molecule has 1 amide bonds. The predicted molar refractivity (Wildman–Crippen MR) is 107 cm³/mol. The highest BCUT2D eigenvalue weighted by molar-refractivity contribution is 7.29. The lowest BCUT2D eigenvalue weighted by molar-refractivity contribution is 0.0784. The number of nitrogens with two attached hydrogens (primary N) is 1. The summed E-state index contributed by atoms with van der Waals surface area (Å²) in [5.41, 5.74) is 7.21. The van der Waals surface area contributed by atoms with Crippen molar-refractivity contribution in [3.05, 3.63) is 41.3 Å². The van der Waals surface area contributed by atoms with Crippen LogP contribution in [-0.4, -0.2) is 34.9 Å². The maximum Gasteiger partial charge on any atom is 0.264 e. The van der Waals surface area contributed by atoms with Crippen LogP contribution < -0.4 is 11.1 Å². The van der Waals surface area contributed by atoms with E-state index in [0.717, 1.165) is 51.2 Å². The number of nitrogens with one attached hydrogen (secondary N) is 1. The molecule has 0 spiro atoms. The van der Waals surface area contributed by atoms with Crippen LogP contribution in [0.2, 0.25) is 0 Å². The Kier molecular flexibility index (Phi) is 3.95. The standard InChI is InChI=1S/C19H20N4OS2/c20-14-7-6-11-9-23(10-13(11)14)18(24)16-8-15-17(25-16)22-19(26-15)21-12-4-2-1-3-5-12/h1-5,8,11,13-14H,6-7,9-10,20H2,(H,21,22). The minimum Gasteiger partial charge on any atom is -0.337 e. The Bertz CT molecular complexity index is 920. The fourth-order valence-corrected chi connectivity index (χ4v) is 6.27. The average Bonchev–Trinajstić information content (AvgIpc) is 3.37. The van der Waals surface area contributed by atoms with Crippen molar-refractivity contribution in [2.75, 3.05) is 18.4 Å². The summed E-state index contributed by atoms with van der Waals surface area (Å²) in [6, 6.07) is 12.3. The van der Waals surface area contributed by atoms with Crippen LogP contribution in [0.4, 0.5) is 10.8 Å². The van der Waals surface area contributed by atoms with Gasteiger partial charge < -0.3 is 16.0 Å². The number of anilines is 2. The van der Waals surface area contributed by atoms with E-state index >= 15 is 0 Å². The highest BCUT2D eigenvalue weighted by Crippen LogP contribution is 2.39. The molecule has 3 unspecified atom stereocenters. The lowest BCUT2D eigenvalue weighted by Crippen LogP contribution is -2.33. The van der Waals surface area contributed by atoms with Gasteiger partial charge in [0.15, 0.2) is 5.13 Å². The molecule has 3 aromatic rings. The summed E-state index contributed by atoms with van der Waals surface area (Å²) < 4.78 is 1.06. The van der Waals surface area contributed by atoms with Crippen LogP contribution in [0.1, 0.15) is 22.5 Å². The molecule has 2 aliphatic rings. The zero-order chi connectivity index (χ0) is 17.7. The first-order valence-corrected chi connectivity index (χ1v) is 10.6. The lowest BCUT2D eigenvalue weighted by Gasteiger charge is -2.17. The summed E-state index contributed by atoms with van der Waals surface area (Å²) in [6.07, 6.45) is 2.26. The van der Waals surface area contributed by atoms with E-state index in [1.54, 1.807) is 11.3 Å². The number of hydrogen-bond acceptors (Lipinski definition) is 6. The van der Waals surface area contributed by atoms with Gasteiger partial charge in [-0.25, -0.2) is 4.98 Å². The molecular formula is C19H20N4OS2. The molecule has 26 heavy (non-hydrogen) atoms. The number of likely N-dealkylation sites (tertiary alicyclic amines) is 1. The van der Waals surface area contributed by atoms with E-state index in [1.807, 2.05) is 41.3 Å². The minimum absolute atomic E-state index is 0.138. The minimum atomic E-state index is 0.138. The molecule has 2 fully saturated rings. The van der Waals surface area contributed by atoms with Crippen molar-refractivity contribution in [3.63, 3.8) is 0 Å². The predicted octanol–water partition coefficient (Wildman–Crippen LogP) is 3.91. The van der Waals surface area contributed by atoms with Crippen LogP contribution in [0, 0.1) is 11.8 Å². The Labute approximate surface area is 159 Å². The smallest absolute Gasteiger partial charge is 0.264 e. The number of thiophene rings is 1. The molecule has 3 heterocycles. The van der Waals surface area contributed by atoms with Crippen molar-refractivity contribution in [1.29, 1.82) is 0 Å². The van der Waals surface area contributed by atoms with Gasteiger partial charge in [-0.15, -0.1) is 11.3 Å². The van der Waals surface area contributed by atoms with E-state index in [-0.39, 0.29) is 11.9 Å². The first kappa shape index (κ1) is 16.2. The van der Waals surface area contributed by atoms with E-state index in [0.29, 0.717) is 11.8 Å². The molecule has 1 saturated carbocycles. The number of thiazole rings is 1. The van der Waals surface area contributed by atoms with Crippen LogP contribution in [0.15, 0.2) is 36.4 Å². The number of para-hydroxylation sites is 1. The van der Waals surface area contributed by atoms with E-state index in [2.05, 4.69) is 10.3 Å². The quantitative estimate of drug-likeness (QED) is 0.718. The molecule has 0 radical (unpaired) electrons. The van der Waals surface area contributed by atoms with Gasteiger partial charge in [-0.05, 0) is 42.9 Å². The second kappa shape index (κ2) is 6.33. The SMILES string of the molecule is NC1CCC2CN(C(=O)c3cc4sc(Nc5ccccc5)nc4s3)CC12. The molecule has 0 bridgehead atoms. The summed E-state index contributed by atoms with van der Waals surface area (Å²) >= 11 is 3.08. The number of rotatable bonds is 3. The zero-order valence-corrected chi connectivity index (χ0v) is 15.9. The van der Waals surface area contributed by atoms with Crippen LogP contribution in [0.25, 0.3) is 9.53 Å². The van der Waals surface area contributed by atoms with Crippen molar-refractivity contribution in [2.24, 2.45) is 17.6 Å². The second-order valence-electron chi connectivity index (χ2n) is 7.17. The highest BCUT2D eigenvalue weighted by Gasteiger charge is 2.42. The van der Waals surface area contributed by atoms with Crippen molar-refractivity contribution in [3.8, 4) is 0 Å². The number of hydrogen-bond donors (Lipinski definition) is 2. The van der Waals surface area contributed by atoms with Gasteiger partial charge in [-0.1, -0.05) is 29.5 Å². The summed E-state index contributed by atoms with van der Waals surface area (Å²) in [5, 5.41) is 4.18. The third-order valence-corrected chi connectivity index (χ3v) is 7.59. The van der Waals surface area contributed by atoms with Gasteiger partial charge in [0.05, 0.1) is 9.58 Å². The van der Waals surface area contributed by atoms with Gasteiger partial charge in [-0.3, -0.25) is 4.79 Å². The molecule has 2 aromatic heterocycles. The summed E-state index contributed by atoms with van der Waals surface area (Å²) in [5.74, 6) is 1.22. The number of aromatic nitrogens is 1. The van der Waals surface area contributed by atoms with Crippen LogP contribution >= 0.6 is 22.7 Å². The van der Waals surface area contributed by atoms with Gasteiger partial charge in [0.25, 0.3) is 5.91 Å². The van der Waals surface area contributed by atoms with Gasteiger partial charge in [0.1, 0.15) is 4.83 Å². The Balaban J connectivity index is 1.32. The number of fused-ring (bicyclic) bond motifs is 2. The number of benzene rings is 1. The van der Waals surface area contributed by atoms with Crippen LogP contribution in [0.5, 0.6) is 0 Å². The van der Waals surface area contributed by atoms with Crippen molar-refractivity contribution >= 4 is 48.9 Å². The Morgan fingerprint density at radius 1 is 1.19 bits per heavy atom. The normalized spacial score (nSPS) is 25.0. The summed E-state index contributed by atoms with van der Waals surface area (Å²) in [4.78, 5) is 21.2. The number of amides is 1. The zero-order valence-electron chi connectivity index (χ0n) is 14.2. The van der Waals surface area contributed by atoms with Crippen molar-refractivity contribution in [2.45, 2.75) is 18.9 Å². The molecule has 7 heteroatoms. The van der Waals surface area contributed by atoms with E-state index in [4.69, 9.17) is 5.73 Å². The van der Waals surface area contributed by atoms with Gasteiger partial charge in [-0.2, -0.15) is 0 Å². The monoisotopic (exact) mass is 384 g/mol. The first-order chi connectivity index (χ1) is 12.7. The van der Waals surface area contributed by atoms with Gasteiger partial charge in [0.2, 0.25) is 0 Å². The fraction of sp³-hybridized carbons (Fsp3) is 0.368. The third-order valence-electron chi connectivity index (χ3n) is 5.52. The summed E-state index contributed by atoms with van der Waals surface area (Å²) in [6.45, 7) is 1.67. The number of carbonyl (C=O) groups excluding carboxylic acids is 1. The summed E-state index contributed by atoms with van der Waals surface area (Å²) in [7, 11) is 0. The third kappa shape index (κ3) is 2.80. The average molecular weight is 385 g/mol. The Morgan fingerprint density at radius 2 is 2.04 bits per heavy atom. The second-order valence-corrected chi connectivity index (χ2v) is 9.23. The number of nitrogens with zero attached hydrogens (tertiary/aromatic N) is 2. The molecule has 3 N–H and O–H groups in total. The molecule has 1 aromatic carbocycles. The largest absolute Gasteiger partial charge is 0.337 e.